The Morgan fingerprint density at radius 3 is 1.35 bits per heavy atom. The van der Waals surface area contributed by atoms with E-state index >= 15 is 0 Å². The van der Waals surface area contributed by atoms with E-state index in [1.165, 1.54) is 83.5 Å². The van der Waals surface area contributed by atoms with Gasteiger partial charge in [0.1, 0.15) is 0 Å². The van der Waals surface area contributed by atoms with Crippen LogP contribution in [0.1, 0.15) is 111 Å². The molecule has 0 heterocycles. The van der Waals surface area contributed by atoms with Crippen LogP contribution < -0.4 is 18.9 Å². The van der Waals surface area contributed by atoms with E-state index < -0.39 is 5.97 Å². The summed E-state index contributed by atoms with van der Waals surface area (Å²) in [6.45, 7) is 2.27. The van der Waals surface area contributed by atoms with E-state index in [0.29, 0.717) is 6.42 Å². The molecule has 0 atom stereocenters. The predicted molar refractivity (Wildman–Crippen MR) is 99.3 cm³/mol. The summed E-state index contributed by atoms with van der Waals surface area (Å²) in [4.78, 5) is 14.3. The summed E-state index contributed by atoms with van der Waals surface area (Å²) in [5.41, 5.74) is 0. The van der Waals surface area contributed by atoms with Crippen molar-refractivity contribution in [2.45, 2.75) is 110 Å². The SMILES string of the molecule is CCCCCCCCCCCCCCCCCC(=O)OO.[AlH3].[H-].[Li+]. The van der Waals surface area contributed by atoms with Crippen LogP contribution in [0.4, 0.5) is 0 Å². The van der Waals surface area contributed by atoms with E-state index in [2.05, 4.69) is 11.8 Å². The van der Waals surface area contributed by atoms with Crippen LogP contribution in [0, 0.1) is 0 Å². The summed E-state index contributed by atoms with van der Waals surface area (Å²) in [7, 11) is 0. The Morgan fingerprint density at radius 1 is 0.739 bits per heavy atom. The first-order chi connectivity index (χ1) is 10.3. The zero-order valence-electron chi connectivity index (χ0n) is 16.1. The van der Waals surface area contributed by atoms with Crippen molar-refractivity contribution in [3.63, 3.8) is 0 Å². The predicted octanol–water partition coefficient (Wildman–Crippen LogP) is 2.20. The summed E-state index contributed by atoms with van der Waals surface area (Å²) < 4.78 is 0. The van der Waals surface area contributed by atoms with Gasteiger partial charge in [0.05, 0.1) is 0 Å². The van der Waals surface area contributed by atoms with Crippen molar-refractivity contribution in [3.8, 4) is 0 Å². The minimum atomic E-state index is -0.510. The first-order valence-corrected chi connectivity index (χ1v) is 9.15. The minimum Gasteiger partial charge on any atom is -1.00 e. The second-order valence-electron chi connectivity index (χ2n) is 6.16. The van der Waals surface area contributed by atoms with Gasteiger partial charge in [-0.05, 0) is 6.42 Å². The Bertz CT molecular complexity index is 234. The molecule has 23 heavy (non-hydrogen) atoms. The number of carbonyl (C=O) groups is 1. The Hall–Kier alpha value is 0.560. The van der Waals surface area contributed by atoms with E-state index in [1.807, 2.05) is 0 Å². The van der Waals surface area contributed by atoms with Crippen LogP contribution in [-0.4, -0.2) is 28.6 Å². The third kappa shape index (κ3) is 24.9. The second-order valence-corrected chi connectivity index (χ2v) is 6.16. The van der Waals surface area contributed by atoms with Crippen molar-refractivity contribution < 1.29 is 35.2 Å². The van der Waals surface area contributed by atoms with Crippen LogP contribution >= 0.6 is 0 Å². The van der Waals surface area contributed by atoms with Crippen molar-refractivity contribution in [2.24, 2.45) is 0 Å². The van der Waals surface area contributed by atoms with Crippen LogP contribution in [0.5, 0.6) is 0 Å². The van der Waals surface area contributed by atoms with Crippen molar-refractivity contribution in [3.05, 3.63) is 0 Å². The molecule has 134 valence electrons. The fourth-order valence-electron chi connectivity index (χ4n) is 2.69. The molecule has 0 aromatic rings. The van der Waals surface area contributed by atoms with Gasteiger partial charge in [0.25, 0.3) is 0 Å². The van der Waals surface area contributed by atoms with Crippen LogP contribution in [0.3, 0.4) is 0 Å². The van der Waals surface area contributed by atoms with Gasteiger partial charge in [0.2, 0.25) is 0 Å². The molecule has 3 nitrogen and oxygen atoms in total. The Morgan fingerprint density at radius 2 is 1.04 bits per heavy atom. The third-order valence-electron chi connectivity index (χ3n) is 4.09. The Kier molecular flexibility index (Phi) is 30.6. The van der Waals surface area contributed by atoms with Gasteiger partial charge in [-0.25, -0.2) is 4.79 Å². The maximum Gasteiger partial charge on any atom is 1.00 e. The summed E-state index contributed by atoms with van der Waals surface area (Å²) >= 11 is 0. The van der Waals surface area contributed by atoms with Gasteiger partial charge in [-0.15, -0.1) is 0 Å². The van der Waals surface area contributed by atoms with Crippen LogP contribution in [-0.2, 0) is 9.68 Å². The topological polar surface area (TPSA) is 46.5 Å². The standard InChI is InChI=1S/C18H36O3.Al.Li.4H/c1-2-3-4-5-6-7-8-9-10-11-12-13-14-15-16-17-18(19)21-20;;;;;;/h20H,2-17H2,1H3;;;;;;/q;;+1;;;;-1. The molecule has 0 aliphatic carbocycles. The van der Waals surface area contributed by atoms with Gasteiger partial charge in [-0.1, -0.05) is 96.8 Å². The molecule has 0 unspecified atom stereocenters. The smallest absolute Gasteiger partial charge is 1.00 e. The molecule has 0 aromatic heterocycles. The summed E-state index contributed by atoms with van der Waals surface area (Å²) in [5, 5.41) is 8.10. The van der Waals surface area contributed by atoms with Gasteiger partial charge in [0, 0.05) is 6.42 Å². The molecule has 0 aliphatic heterocycles. The molecule has 0 amide bonds. The van der Waals surface area contributed by atoms with Crippen molar-refractivity contribution in [2.75, 3.05) is 0 Å². The zero-order chi connectivity index (χ0) is 15.6. The summed E-state index contributed by atoms with van der Waals surface area (Å²) in [6.07, 6.45) is 20.0. The average Bonchev–Trinajstić information content (AvgIpc) is 2.50. The molecule has 1 N–H and O–H groups in total. The first kappa shape index (κ1) is 28.4. The van der Waals surface area contributed by atoms with Crippen molar-refractivity contribution in [1.29, 1.82) is 0 Å². The quantitative estimate of drug-likeness (QED) is 0.203. The maximum absolute atomic E-state index is 10.7. The van der Waals surface area contributed by atoms with Crippen LogP contribution in [0.15, 0.2) is 0 Å². The van der Waals surface area contributed by atoms with Crippen molar-refractivity contribution >= 4 is 23.3 Å². The molecule has 0 spiro atoms. The number of rotatable bonds is 16. The molecular formula is C18H40AlLiO3. The first-order valence-electron chi connectivity index (χ1n) is 9.15. The van der Waals surface area contributed by atoms with Gasteiger partial charge < -0.3 is 6.31 Å². The third-order valence-corrected chi connectivity index (χ3v) is 4.09. The molecule has 0 bridgehead atoms. The number of carbonyl (C=O) groups excluding carboxylic acids is 1. The number of hydrogen-bond donors (Lipinski definition) is 1. The van der Waals surface area contributed by atoms with Gasteiger partial charge in [-0.3, -0.25) is 0 Å². The molecule has 0 aliphatic rings. The van der Waals surface area contributed by atoms with E-state index in [1.54, 1.807) is 0 Å². The van der Waals surface area contributed by atoms with Crippen molar-refractivity contribution in [1.82, 2.24) is 0 Å². The van der Waals surface area contributed by atoms with E-state index in [9.17, 15) is 4.79 Å². The van der Waals surface area contributed by atoms with Crippen LogP contribution in [0.25, 0.3) is 0 Å². The molecule has 0 radical (unpaired) electrons. The van der Waals surface area contributed by atoms with E-state index in [0.717, 1.165) is 12.8 Å². The Labute approximate surface area is 168 Å². The minimum absolute atomic E-state index is 0. The molecule has 5 heteroatoms. The summed E-state index contributed by atoms with van der Waals surface area (Å²) in [6, 6.07) is 0. The molecule has 0 aromatic carbocycles. The molecule has 0 saturated heterocycles. The monoisotopic (exact) mass is 338 g/mol. The average molecular weight is 338 g/mol. The molecule has 0 fully saturated rings. The van der Waals surface area contributed by atoms with Gasteiger partial charge >= 0.3 is 24.8 Å². The fourth-order valence-corrected chi connectivity index (χ4v) is 2.69. The second kappa shape index (κ2) is 24.8. The number of unbranched alkanes of at least 4 members (excludes halogenated alkanes) is 14. The van der Waals surface area contributed by atoms with E-state index in [4.69, 9.17) is 5.26 Å². The Balaban J connectivity index is -0.000000667. The molecule has 0 saturated carbocycles. The largest absolute Gasteiger partial charge is 1.00 e. The molecule has 0 rings (SSSR count). The number of hydrogen-bond acceptors (Lipinski definition) is 3. The van der Waals surface area contributed by atoms with Gasteiger partial charge in [0.15, 0.2) is 17.4 Å². The van der Waals surface area contributed by atoms with E-state index in [-0.39, 0.29) is 37.6 Å². The normalized spacial score (nSPS) is 9.83. The fraction of sp³-hybridized carbons (Fsp3) is 0.944. The zero-order valence-corrected chi connectivity index (χ0v) is 15.1. The van der Waals surface area contributed by atoms with Gasteiger partial charge in [-0.2, -0.15) is 5.26 Å². The maximum atomic E-state index is 10.7. The molecular weight excluding hydrogens is 298 g/mol. The van der Waals surface area contributed by atoms with Crippen LogP contribution in [0.2, 0.25) is 0 Å². The summed E-state index contributed by atoms with van der Waals surface area (Å²) in [5.74, 6) is -0.510.